The van der Waals surface area contributed by atoms with E-state index in [0.717, 1.165) is 34.4 Å². The Morgan fingerprint density at radius 1 is 1.25 bits per heavy atom. The number of carbonyl (C=O) groups is 1. The Morgan fingerprint density at radius 2 is 2.04 bits per heavy atom. The summed E-state index contributed by atoms with van der Waals surface area (Å²) in [4.78, 5) is 20.7. The molecule has 6 nitrogen and oxygen atoms in total. The molecule has 1 atom stereocenters. The number of thiazole rings is 1. The van der Waals surface area contributed by atoms with Crippen LogP contribution in [0, 0.1) is 0 Å². The first kappa shape index (κ1) is 19.1. The fourth-order valence-electron chi connectivity index (χ4n) is 3.91. The first-order chi connectivity index (χ1) is 13.6. The number of hydrogen-bond donors (Lipinski definition) is 1. The van der Waals surface area contributed by atoms with Crippen molar-refractivity contribution in [2.24, 2.45) is 0 Å². The molecule has 7 heteroatoms. The van der Waals surface area contributed by atoms with Crippen LogP contribution >= 0.6 is 11.3 Å². The van der Waals surface area contributed by atoms with E-state index < -0.39 is 0 Å². The molecule has 0 spiro atoms. The zero-order chi connectivity index (χ0) is 19.7. The number of hydrogen-bond acceptors (Lipinski definition) is 6. The lowest BCUT2D eigenvalue weighted by atomic mass is 9.90. The number of amides is 1. The van der Waals surface area contributed by atoms with Crippen LogP contribution in [0.15, 0.2) is 18.2 Å². The van der Waals surface area contributed by atoms with Gasteiger partial charge >= 0.3 is 0 Å². The standard InChI is InChI=1S/C21H27N3O3S/c1-13(2)27-18-14(8-7-9-16(18)26-3)15-12-17(25)22-20-19(15)28-21(23-20)24-10-5-4-6-11-24/h7-9,13,15H,4-6,10-12H2,1-3H3,(H,22,25). The minimum absolute atomic E-state index is 0.00805. The van der Waals surface area contributed by atoms with E-state index in [0.29, 0.717) is 18.0 Å². The van der Waals surface area contributed by atoms with E-state index in [1.54, 1.807) is 18.4 Å². The van der Waals surface area contributed by atoms with Crippen LogP contribution in [-0.4, -0.2) is 37.2 Å². The van der Waals surface area contributed by atoms with Crippen molar-refractivity contribution in [1.29, 1.82) is 0 Å². The van der Waals surface area contributed by atoms with E-state index in [9.17, 15) is 4.79 Å². The monoisotopic (exact) mass is 401 g/mol. The van der Waals surface area contributed by atoms with Gasteiger partial charge in [-0.3, -0.25) is 4.79 Å². The van der Waals surface area contributed by atoms with Gasteiger partial charge in [-0.15, -0.1) is 0 Å². The summed E-state index contributed by atoms with van der Waals surface area (Å²) in [6.45, 7) is 6.06. The Bertz CT molecular complexity index is 859. The van der Waals surface area contributed by atoms with Crippen LogP contribution in [0.3, 0.4) is 0 Å². The van der Waals surface area contributed by atoms with Gasteiger partial charge in [-0.2, -0.15) is 0 Å². The first-order valence-corrected chi connectivity index (χ1v) is 10.8. The minimum atomic E-state index is -0.0800. The SMILES string of the molecule is COc1cccc(C2CC(=O)Nc3nc(N4CCCCC4)sc32)c1OC(C)C. The number of fused-ring (bicyclic) bond motifs is 1. The molecule has 2 aliphatic rings. The maximum atomic E-state index is 12.5. The lowest BCUT2D eigenvalue weighted by Gasteiger charge is -2.26. The quantitative estimate of drug-likeness (QED) is 0.804. The molecule has 150 valence electrons. The first-order valence-electron chi connectivity index (χ1n) is 9.96. The summed E-state index contributed by atoms with van der Waals surface area (Å²) in [6.07, 6.45) is 4.07. The van der Waals surface area contributed by atoms with Crippen molar-refractivity contribution in [3.8, 4) is 11.5 Å². The normalized spacial score (nSPS) is 19.4. The molecule has 1 unspecified atom stereocenters. The topological polar surface area (TPSA) is 63.7 Å². The van der Waals surface area contributed by atoms with Gasteiger partial charge in [0, 0.05) is 31.0 Å². The van der Waals surface area contributed by atoms with E-state index in [1.165, 1.54) is 19.3 Å². The van der Waals surface area contributed by atoms with E-state index in [4.69, 9.17) is 14.5 Å². The third kappa shape index (κ3) is 3.68. The Kier molecular flexibility index (Phi) is 5.44. The lowest BCUT2D eigenvalue weighted by molar-refractivity contribution is -0.116. The number of anilines is 2. The fraction of sp³-hybridized carbons (Fsp3) is 0.524. The van der Waals surface area contributed by atoms with Crippen molar-refractivity contribution in [2.45, 2.75) is 51.6 Å². The highest BCUT2D eigenvalue weighted by Crippen LogP contribution is 2.48. The van der Waals surface area contributed by atoms with Crippen molar-refractivity contribution >= 4 is 28.2 Å². The summed E-state index contributed by atoms with van der Waals surface area (Å²) >= 11 is 1.69. The van der Waals surface area contributed by atoms with Crippen LogP contribution in [-0.2, 0) is 4.79 Å². The van der Waals surface area contributed by atoms with Gasteiger partial charge in [0.25, 0.3) is 0 Å². The number of methoxy groups -OCH3 is 1. The van der Waals surface area contributed by atoms with E-state index in [-0.39, 0.29) is 17.9 Å². The molecule has 1 N–H and O–H groups in total. The number of nitrogens with zero attached hydrogens (tertiary/aromatic N) is 2. The number of para-hydroxylation sites is 1. The van der Waals surface area contributed by atoms with Gasteiger partial charge in [0.15, 0.2) is 16.6 Å². The molecule has 0 radical (unpaired) electrons. The van der Waals surface area contributed by atoms with Crippen molar-refractivity contribution < 1.29 is 14.3 Å². The van der Waals surface area contributed by atoms with Crippen LogP contribution in [0.2, 0.25) is 0 Å². The third-order valence-corrected chi connectivity index (χ3v) is 6.42. The van der Waals surface area contributed by atoms with Crippen molar-refractivity contribution in [2.75, 3.05) is 30.4 Å². The van der Waals surface area contributed by atoms with Crippen LogP contribution in [0.25, 0.3) is 0 Å². The summed E-state index contributed by atoms with van der Waals surface area (Å²) in [6, 6.07) is 5.89. The molecule has 0 saturated carbocycles. The van der Waals surface area contributed by atoms with Crippen molar-refractivity contribution in [3.05, 3.63) is 28.6 Å². The Morgan fingerprint density at radius 3 is 2.75 bits per heavy atom. The number of benzene rings is 1. The summed E-state index contributed by atoms with van der Waals surface area (Å²) in [5.41, 5.74) is 0.984. The van der Waals surface area contributed by atoms with Gasteiger partial charge in [-0.25, -0.2) is 4.98 Å². The molecule has 0 bridgehead atoms. The fourth-order valence-corrected chi connectivity index (χ4v) is 5.10. The highest BCUT2D eigenvalue weighted by Gasteiger charge is 2.34. The van der Waals surface area contributed by atoms with Gasteiger partial charge in [0.2, 0.25) is 5.91 Å². The largest absolute Gasteiger partial charge is 0.493 e. The second-order valence-corrected chi connectivity index (χ2v) is 8.62. The smallest absolute Gasteiger partial charge is 0.226 e. The van der Waals surface area contributed by atoms with Gasteiger partial charge in [0.1, 0.15) is 5.82 Å². The van der Waals surface area contributed by atoms with Crippen LogP contribution in [0.4, 0.5) is 10.9 Å². The molecule has 1 amide bonds. The van der Waals surface area contributed by atoms with Gasteiger partial charge in [-0.1, -0.05) is 23.5 Å². The zero-order valence-electron chi connectivity index (χ0n) is 16.7. The number of piperidine rings is 1. The molecule has 28 heavy (non-hydrogen) atoms. The van der Waals surface area contributed by atoms with Crippen LogP contribution < -0.4 is 19.7 Å². The maximum Gasteiger partial charge on any atom is 0.226 e. The molecular formula is C21H27N3O3S. The molecule has 1 aromatic heterocycles. The molecule has 4 rings (SSSR count). The lowest BCUT2D eigenvalue weighted by Crippen LogP contribution is -2.29. The number of nitrogens with one attached hydrogen (secondary N) is 1. The van der Waals surface area contributed by atoms with Gasteiger partial charge < -0.3 is 19.7 Å². The average Bonchev–Trinajstić information content (AvgIpc) is 3.12. The van der Waals surface area contributed by atoms with E-state index in [2.05, 4.69) is 10.2 Å². The summed E-state index contributed by atoms with van der Waals surface area (Å²) < 4.78 is 11.7. The van der Waals surface area contributed by atoms with E-state index in [1.807, 2.05) is 32.0 Å². The molecule has 3 heterocycles. The van der Waals surface area contributed by atoms with Crippen molar-refractivity contribution in [3.63, 3.8) is 0 Å². The van der Waals surface area contributed by atoms with Crippen molar-refractivity contribution in [1.82, 2.24) is 4.98 Å². The second kappa shape index (κ2) is 7.99. The van der Waals surface area contributed by atoms with Gasteiger partial charge in [0.05, 0.1) is 18.1 Å². The molecule has 2 aromatic rings. The zero-order valence-corrected chi connectivity index (χ0v) is 17.5. The summed E-state index contributed by atoms with van der Waals surface area (Å²) in [5.74, 6) is 2.03. The van der Waals surface area contributed by atoms with E-state index >= 15 is 0 Å². The minimum Gasteiger partial charge on any atom is -0.493 e. The van der Waals surface area contributed by atoms with Crippen LogP contribution in [0.5, 0.6) is 11.5 Å². The number of carbonyl (C=O) groups excluding carboxylic acids is 1. The third-order valence-electron chi connectivity index (χ3n) is 5.19. The van der Waals surface area contributed by atoms with Crippen LogP contribution in [0.1, 0.15) is 55.9 Å². The number of ether oxygens (including phenoxy) is 2. The second-order valence-electron chi connectivity index (χ2n) is 7.61. The molecular weight excluding hydrogens is 374 g/mol. The molecule has 1 fully saturated rings. The molecule has 1 aromatic carbocycles. The highest BCUT2D eigenvalue weighted by molar-refractivity contribution is 7.16. The molecule has 2 aliphatic heterocycles. The Labute approximate surface area is 169 Å². The molecule has 0 aliphatic carbocycles. The van der Waals surface area contributed by atoms with Gasteiger partial charge in [-0.05, 0) is 39.2 Å². The maximum absolute atomic E-state index is 12.5. The molecule has 1 saturated heterocycles. The Hall–Kier alpha value is -2.28. The summed E-state index contributed by atoms with van der Waals surface area (Å²) in [5, 5.41) is 3.98. The summed E-state index contributed by atoms with van der Waals surface area (Å²) in [7, 11) is 1.65. The number of rotatable bonds is 5. The number of aromatic nitrogens is 1. The predicted molar refractivity (Wildman–Crippen MR) is 112 cm³/mol. The predicted octanol–water partition coefficient (Wildman–Crippen LogP) is 4.40. The Balaban J connectivity index is 1.76. The highest BCUT2D eigenvalue weighted by atomic mass is 32.1. The average molecular weight is 402 g/mol.